The molecule has 0 saturated heterocycles. The average molecular weight is 291 g/mol. The number of hydrogen-bond acceptors (Lipinski definition) is 3. The van der Waals surface area contributed by atoms with Crippen LogP contribution in [0.15, 0.2) is 24.3 Å². The second kappa shape index (κ2) is 6.37. The molecule has 0 bridgehead atoms. The van der Waals surface area contributed by atoms with Gasteiger partial charge < -0.3 is 10.4 Å². The van der Waals surface area contributed by atoms with Gasteiger partial charge in [-0.2, -0.15) is 0 Å². The fourth-order valence-corrected chi connectivity index (χ4v) is 3.50. The van der Waals surface area contributed by atoms with Gasteiger partial charge >= 0.3 is 0 Å². The molecule has 2 aromatic rings. The number of rotatable bonds is 5. The zero-order valence-corrected chi connectivity index (χ0v) is 13.0. The van der Waals surface area contributed by atoms with Gasteiger partial charge in [0.1, 0.15) is 0 Å². The van der Waals surface area contributed by atoms with Crippen molar-refractivity contribution >= 4 is 27.3 Å². The number of aryl methyl sites for hydroxylation is 1. The topological polar surface area (TPSA) is 49.3 Å². The molecular formula is C16H21NO2S. The molecule has 0 aliphatic rings. The van der Waals surface area contributed by atoms with E-state index in [2.05, 4.69) is 19.2 Å². The maximum absolute atomic E-state index is 12.4. The molecule has 0 fully saturated rings. The molecule has 0 aliphatic heterocycles. The van der Waals surface area contributed by atoms with Crippen LogP contribution < -0.4 is 5.32 Å². The highest BCUT2D eigenvalue weighted by Gasteiger charge is 2.19. The summed E-state index contributed by atoms with van der Waals surface area (Å²) in [6.45, 7) is 6.12. The minimum Gasteiger partial charge on any atom is -0.394 e. The monoisotopic (exact) mass is 291 g/mol. The van der Waals surface area contributed by atoms with Crippen LogP contribution in [0.4, 0.5) is 0 Å². The van der Waals surface area contributed by atoms with Crippen molar-refractivity contribution in [3.05, 3.63) is 34.7 Å². The highest BCUT2D eigenvalue weighted by Crippen LogP contribution is 2.30. The Morgan fingerprint density at radius 3 is 2.65 bits per heavy atom. The van der Waals surface area contributed by atoms with Gasteiger partial charge in [0, 0.05) is 4.70 Å². The Bertz CT molecular complexity index is 604. The standard InChI is InChI=1S/C16H21NO2S/c1-10(2)8-12(9-18)17-16(19)15-11(3)13-6-4-5-7-14(13)20-15/h4-7,10,12,18H,8-9H2,1-3H3,(H,17,19). The molecular weight excluding hydrogens is 270 g/mol. The lowest BCUT2D eigenvalue weighted by atomic mass is 10.0. The summed E-state index contributed by atoms with van der Waals surface area (Å²) in [5.41, 5.74) is 1.02. The molecule has 3 nitrogen and oxygen atoms in total. The van der Waals surface area contributed by atoms with E-state index in [1.807, 2.05) is 31.2 Å². The number of aliphatic hydroxyl groups excluding tert-OH is 1. The van der Waals surface area contributed by atoms with E-state index in [0.29, 0.717) is 5.92 Å². The number of aliphatic hydroxyl groups is 1. The van der Waals surface area contributed by atoms with Crippen LogP contribution in [0.3, 0.4) is 0 Å². The summed E-state index contributed by atoms with van der Waals surface area (Å²) in [4.78, 5) is 13.1. The van der Waals surface area contributed by atoms with E-state index in [-0.39, 0.29) is 18.6 Å². The van der Waals surface area contributed by atoms with Crippen LogP contribution in [-0.4, -0.2) is 23.7 Å². The average Bonchev–Trinajstić information content (AvgIpc) is 2.75. The van der Waals surface area contributed by atoms with Crippen LogP contribution in [0.1, 0.15) is 35.5 Å². The molecule has 108 valence electrons. The molecule has 1 aromatic carbocycles. The van der Waals surface area contributed by atoms with E-state index in [1.165, 1.54) is 11.3 Å². The predicted molar refractivity (Wildman–Crippen MR) is 84.4 cm³/mol. The van der Waals surface area contributed by atoms with E-state index in [4.69, 9.17) is 0 Å². The highest BCUT2D eigenvalue weighted by molar-refractivity contribution is 7.21. The second-order valence-corrected chi connectivity index (χ2v) is 6.59. The van der Waals surface area contributed by atoms with E-state index in [1.54, 1.807) is 0 Å². The Morgan fingerprint density at radius 1 is 1.35 bits per heavy atom. The zero-order valence-electron chi connectivity index (χ0n) is 12.1. The van der Waals surface area contributed by atoms with Crippen molar-refractivity contribution in [2.45, 2.75) is 33.2 Å². The smallest absolute Gasteiger partial charge is 0.261 e. The van der Waals surface area contributed by atoms with Gasteiger partial charge in [-0.25, -0.2) is 0 Å². The Hall–Kier alpha value is -1.39. The molecule has 0 spiro atoms. The number of amides is 1. The third-order valence-electron chi connectivity index (χ3n) is 3.36. The van der Waals surface area contributed by atoms with Crippen molar-refractivity contribution in [1.29, 1.82) is 0 Å². The molecule has 1 aromatic heterocycles. The first-order valence-electron chi connectivity index (χ1n) is 6.92. The van der Waals surface area contributed by atoms with E-state index >= 15 is 0 Å². The number of nitrogens with one attached hydrogen (secondary N) is 1. The first-order valence-corrected chi connectivity index (χ1v) is 7.74. The molecule has 0 radical (unpaired) electrons. The van der Waals surface area contributed by atoms with Gasteiger partial charge in [0.05, 0.1) is 17.5 Å². The lowest BCUT2D eigenvalue weighted by Gasteiger charge is -2.18. The normalized spacial score (nSPS) is 12.8. The highest BCUT2D eigenvalue weighted by atomic mass is 32.1. The third kappa shape index (κ3) is 3.19. The first-order chi connectivity index (χ1) is 9.52. The first kappa shape index (κ1) is 15.0. The van der Waals surface area contributed by atoms with E-state index < -0.39 is 0 Å². The number of carbonyl (C=O) groups excluding carboxylic acids is 1. The molecule has 2 rings (SSSR count). The Morgan fingerprint density at radius 2 is 2.05 bits per heavy atom. The summed E-state index contributed by atoms with van der Waals surface area (Å²) in [7, 11) is 0. The molecule has 20 heavy (non-hydrogen) atoms. The Kier molecular flexibility index (Phi) is 4.78. The van der Waals surface area contributed by atoms with Crippen molar-refractivity contribution in [1.82, 2.24) is 5.32 Å². The molecule has 0 aliphatic carbocycles. The SMILES string of the molecule is Cc1c(C(=O)NC(CO)CC(C)C)sc2ccccc12. The van der Waals surface area contributed by atoms with Crippen LogP contribution in [0.5, 0.6) is 0 Å². The van der Waals surface area contributed by atoms with Crippen LogP contribution in [0, 0.1) is 12.8 Å². The molecule has 4 heteroatoms. The number of carbonyl (C=O) groups is 1. The summed E-state index contributed by atoms with van der Waals surface area (Å²) in [6, 6.07) is 7.86. The number of thiophene rings is 1. The van der Waals surface area contributed by atoms with Crippen molar-refractivity contribution in [2.75, 3.05) is 6.61 Å². The van der Waals surface area contributed by atoms with E-state index in [0.717, 1.165) is 26.9 Å². The third-order valence-corrected chi connectivity index (χ3v) is 4.63. The van der Waals surface area contributed by atoms with Crippen molar-refractivity contribution in [2.24, 2.45) is 5.92 Å². The quantitative estimate of drug-likeness (QED) is 0.887. The van der Waals surface area contributed by atoms with Gasteiger partial charge in [0.2, 0.25) is 0 Å². The lowest BCUT2D eigenvalue weighted by molar-refractivity contribution is 0.0912. The number of fused-ring (bicyclic) bond motifs is 1. The summed E-state index contributed by atoms with van der Waals surface area (Å²) < 4.78 is 1.12. The maximum atomic E-state index is 12.4. The Balaban J connectivity index is 2.20. The fourth-order valence-electron chi connectivity index (χ4n) is 2.39. The summed E-state index contributed by atoms with van der Waals surface area (Å²) >= 11 is 1.51. The fraction of sp³-hybridized carbons (Fsp3) is 0.438. The Labute approximate surface area is 123 Å². The summed E-state index contributed by atoms with van der Waals surface area (Å²) in [5, 5.41) is 13.4. The molecule has 0 saturated carbocycles. The van der Waals surface area contributed by atoms with Crippen LogP contribution in [0.25, 0.3) is 10.1 Å². The van der Waals surface area contributed by atoms with Gasteiger partial charge in [0.15, 0.2) is 0 Å². The minimum atomic E-state index is -0.174. The van der Waals surface area contributed by atoms with Gasteiger partial charge in [-0.05, 0) is 36.3 Å². The van der Waals surface area contributed by atoms with Crippen LogP contribution in [0.2, 0.25) is 0 Å². The maximum Gasteiger partial charge on any atom is 0.261 e. The van der Waals surface area contributed by atoms with Crippen molar-refractivity contribution < 1.29 is 9.90 Å². The number of benzene rings is 1. The van der Waals surface area contributed by atoms with Crippen molar-refractivity contribution in [3.63, 3.8) is 0 Å². The predicted octanol–water partition coefficient (Wildman–Crippen LogP) is 3.35. The van der Waals surface area contributed by atoms with Gasteiger partial charge in [-0.15, -0.1) is 11.3 Å². The second-order valence-electron chi connectivity index (χ2n) is 5.53. The molecule has 1 amide bonds. The molecule has 1 atom stereocenters. The van der Waals surface area contributed by atoms with Gasteiger partial charge in [-0.1, -0.05) is 32.0 Å². The lowest BCUT2D eigenvalue weighted by Crippen LogP contribution is -2.38. The molecule has 1 heterocycles. The number of hydrogen-bond donors (Lipinski definition) is 2. The van der Waals surface area contributed by atoms with Gasteiger partial charge in [-0.3, -0.25) is 4.79 Å². The summed E-state index contributed by atoms with van der Waals surface area (Å²) in [6.07, 6.45) is 0.784. The van der Waals surface area contributed by atoms with Gasteiger partial charge in [0.25, 0.3) is 5.91 Å². The van der Waals surface area contributed by atoms with Crippen LogP contribution >= 0.6 is 11.3 Å². The molecule has 2 N–H and O–H groups in total. The summed E-state index contributed by atoms with van der Waals surface area (Å²) in [5.74, 6) is 0.361. The van der Waals surface area contributed by atoms with Crippen LogP contribution in [-0.2, 0) is 0 Å². The van der Waals surface area contributed by atoms with E-state index in [9.17, 15) is 9.90 Å². The van der Waals surface area contributed by atoms with Crippen molar-refractivity contribution in [3.8, 4) is 0 Å². The zero-order chi connectivity index (χ0) is 14.7. The molecule has 1 unspecified atom stereocenters. The minimum absolute atomic E-state index is 0.0200. The largest absolute Gasteiger partial charge is 0.394 e.